The molecule has 1 aliphatic carbocycles. The van der Waals surface area contributed by atoms with E-state index in [0.29, 0.717) is 17.9 Å². The van der Waals surface area contributed by atoms with Crippen molar-refractivity contribution in [1.82, 2.24) is 0 Å². The van der Waals surface area contributed by atoms with Crippen LogP contribution >= 0.6 is 0 Å². The molecule has 0 radical (unpaired) electrons. The maximum atomic E-state index is 11.5. The second-order valence-electron chi connectivity index (χ2n) is 3.95. The van der Waals surface area contributed by atoms with E-state index < -0.39 is 0 Å². The molecule has 0 atom stereocenters. The van der Waals surface area contributed by atoms with Crippen molar-refractivity contribution in [2.24, 2.45) is 0 Å². The predicted octanol–water partition coefficient (Wildman–Crippen LogP) is 2.83. The Hall–Kier alpha value is -2.33. The molecule has 98 valence electrons. The highest BCUT2D eigenvalue weighted by molar-refractivity contribution is 6.04. The van der Waals surface area contributed by atoms with Crippen LogP contribution in [0.15, 0.2) is 66.1 Å². The maximum Gasteiger partial charge on any atom is 0.220 e. The van der Waals surface area contributed by atoms with Gasteiger partial charge in [-0.15, -0.1) is 0 Å². The Morgan fingerprint density at radius 1 is 1.26 bits per heavy atom. The number of hydroxylamine groups is 1. The summed E-state index contributed by atoms with van der Waals surface area (Å²) in [6.45, 7) is 2.25. The lowest BCUT2D eigenvalue weighted by molar-refractivity contribution is -0.114. The van der Waals surface area contributed by atoms with Gasteiger partial charge in [-0.1, -0.05) is 18.2 Å². The average molecular weight is 257 g/mol. The van der Waals surface area contributed by atoms with Gasteiger partial charge in [-0.05, 0) is 42.9 Å². The zero-order valence-electron chi connectivity index (χ0n) is 10.6. The van der Waals surface area contributed by atoms with E-state index in [0.717, 1.165) is 5.06 Å². The Morgan fingerprint density at radius 2 is 2.00 bits per heavy atom. The first-order chi connectivity index (χ1) is 9.20. The average Bonchev–Trinajstić information content (AvgIpc) is 2.44. The van der Waals surface area contributed by atoms with Crippen LogP contribution in [-0.4, -0.2) is 17.6 Å². The molecule has 0 spiro atoms. The van der Waals surface area contributed by atoms with Crippen molar-refractivity contribution in [2.45, 2.75) is 6.92 Å². The van der Waals surface area contributed by atoms with Gasteiger partial charge in [0.1, 0.15) is 0 Å². The van der Waals surface area contributed by atoms with Crippen molar-refractivity contribution in [3.63, 3.8) is 0 Å². The highest BCUT2D eigenvalue weighted by atomic mass is 16.5. The highest BCUT2D eigenvalue weighted by Crippen LogP contribution is 2.17. The molecule has 0 saturated heterocycles. The molecule has 4 heteroatoms. The highest BCUT2D eigenvalue weighted by Gasteiger charge is 2.12. The molecule has 2 rings (SSSR count). The SMILES string of the molecule is CCOC1=C/C(=C/N(O)c2ccccc2)C=CC1=O. The number of hydrogen-bond donors (Lipinski definition) is 1. The molecule has 19 heavy (non-hydrogen) atoms. The van der Waals surface area contributed by atoms with E-state index in [1.54, 1.807) is 24.3 Å². The van der Waals surface area contributed by atoms with Crippen molar-refractivity contribution in [3.8, 4) is 0 Å². The molecule has 0 unspecified atom stereocenters. The van der Waals surface area contributed by atoms with Crippen molar-refractivity contribution >= 4 is 11.5 Å². The number of anilines is 1. The summed E-state index contributed by atoms with van der Waals surface area (Å²) in [5.74, 6) is 0.126. The van der Waals surface area contributed by atoms with Gasteiger partial charge in [0.25, 0.3) is 0 Å². The Labute approximate surface area is 111 Å². The lowest BCUT2D eigenvalue weighted by Crippen LogP contribution is -2.12. The molecule has 0 aliphatic heterocycles. The topological polar surface area (TPSA) is 49.8 Å². The first-order valence-corrected chi connectivity index (χ1v) is 6.02. The minimum absolute atomic E-state index is 0.164. The smallest absolute Gasteiger partial charge is 0.220 e. The molecular formula is C15H15NO3. The van der Waals surface area contributed by atoms with E-state index in [-0.39, 0.29) is 11.5 Å². The molecule has 4 nitrogen and oxygen atoms in total. The van der Waals surface area contributed by atoms with Gasteiger partial charge in [0.15, 0.2) is 5.76 Å². The van der Waals surface area contributed by atoms with Crippen molar-refractivity contribution < 1.29 is 14.7 Å². The Kier molecular flexibility index (Phi) is 4.15. The zero-order chi connectivity index (χ0) is 13.7. The van der Waals surface area contributed by atoms with E-state index in [2.05, 4.69) is 0 Å². The molecule has 0 bridgehead atoms. The number of rotatable bonds is 4. The van der Waals surface area contributed by atoms with Crippen molar-refractivity contribution in [1.29, 1.82) is 0 Å². The van der Waals surface area contributed by atoms with Crippen LogP contribution < -0.4 is 5.06 Å². The van der Waals surface area contributed by atoms with Crippen LogP contribution in [0.1, 0.15) is 6.92 Å². The van der Waals surface area contributed by atoms with E-state index in [1.807, 2.05) is 25.1 Å². The summed E-state index contributed by atoms with van der Waals surface area (Å²) in [4.78, 5) is 11.5. The van der Waals surface area contributed by atoms with Crippen LogP contribution in [0.3, 0.4) is 0 Å². The van der Waals surface area contributed by atoms with Crippen LogP contribution in [0.2, 0.25) is 0 Å². The molecule has 1 aliphatic rings. The number of benzene rings is 1. The Morgan fingerprint density at radius 3 is 2.68 bits per heavy atom. The van der Waals surface area contributed by atoms with Gasteiger partial charge in [-0.3, -0.25) is 10.0 Å². The number of ether oxygens (including phenoxy) is 1. The largest absolute Gasteiger partial charge is 0.490 e. The summed E-state index contributed by atoms with van der Waals surface area (Å²) < 4.78 is 5.23. The van der Waals surface area contributed by atoms with E-state index in [4.69, 9.17) is 4.74 Å². The van der Waals surface area contributed by atoms with E-state index >= 15 is 0 Å². The second kappa shape index (κ2) is 6.02. The summed E-state index contributed by atoms with van der Waals surface area (Å²) in [6.07, 6.45) is 6.20. The number of carbonyl (C=O) groups excluding carboxylic acids is 1. The van der Waals surface area contributed by atoms with E-state index in [1.165, 1.54) is 12.3 Å². The third-order valence-electron chi connectivity index (χ3n) is 2.56. The minimum Gasteiger partial charge on any atom is -0.490 e. The number of carbonyl (C=O) groups is 1. The molecular weight excluding hydrogens is 242 g/mol. The number of ketones is 1. The molecule has 1 N–H and O–H groups in total. The number of nitrogens with zero attached hydrogens (tertiary/aromatic N) is 1. The molecule has 0 amide bonds. The lowest BCUT2D eigenvalue weighted by atomic mass is 10.1. The minimum atomic E-state index is -0.164. The fourth-order valence-electron chi connectivity index (χ4n) is 1.67. The van der Waals surface area contributed by atoms with Crippen molar-refractivity contribution in [3.05, 3.63) is 66.1 Å². The standard InChI is InChI=1S/C15H15NO3/c1-2-19-15-10-12(8-9-14(15)17)11-16(18)13-6-4-3-5-7-13/h3-11,18H,2H2,1H3/b12-11+. The van der Waals surface area contributed by atoms with Gasteiger partial charge in [0.2, 0.25) is 5.78 Å². The number of para-hydroxylation sites is 1. The number of allylic oxidation sites excluding steroid dienone is 4. The fourth-order valence-corrected chi connectivity index (χ4v) is 1.67. The van der Waals surface area contributed by atoms with Gasteiger partial charge in [0, 0.05) is 6.20 Å². The van der Waals surface area contributed by atoms with Gasteiger partial charge in [-0.25, -0.2) is 5.06 Å². The molecule has 0 heterocycles. The summed E-state index contributed by atoms with van der Waals surface area (Å²) in [5.41, 5.74) is 1.33. The van der Waals surface area contributed by atoms with Crippen LogP contribution in [0, 0.1) is 0 Å². The van der Waals surface area contributed by atoms with Crippen LogP contribution in [0.25, 0.3) is 0 Å². The quantitative estimate of drug-likeness (QED) is 0.843. The predicted molar refractivity (Wildman–Crippen MR) is 72.6 cm³/mol. The van der Waals surface area contributed by atoms with Gasteiger partial charge in [0.05, 0.1) is 12.3 Å². The summed E-state index contributed by atoms with van der Waals surface area (Å²) in [6, 6.07) is 9.10. The molecule has 1 aromatic rings. The van der Waals surface area contributed by atoms with Gasteiger partial charge >= 0.3 is 0 Å². The third kappa shape index (κ3) is 3.33. The molecule has 0 saturated carbocycles. The van der Waals surface area contributed by atoms with Crippen molar-refractivity contribution in [2.75, 3.05) is 11.7 Å². The van der Waals surface area contributed by atoms with Gasteiger partial charge in [-0.2, -0.15) is 0 Å². The van der Waals surface area contributed by atoms with Crippen LogP contribution in [-0.2, 0) is 9.53 Å². The summed E-state index contributed by atoms with van der Waals surface area (Å²) in [7, 11) is 0. The fraction of sp³-hybridized carbons (Fsp3) is 0.133. The normalized spacial score (nSPS) is 16.4. The monoisotopic (exact) mass is 257 g/mol. The molecule has 0 fully saturated rings. The zero-order valence-corrected chi connectivity index (χ0v) is 10.6. The van der Waals surface area contributed by atoms with Crippen LogP contribution in [0.5, 0.6) is 0 Å². The Bertz CT molecular complexity index is 544. The Balaban J connectivity index is 2.19. The van der Waals surface area contributed by atoms with Crippen LogP contribution in [0.4, 0.5) is 5.69 Å². The summed E-state index contributed by atoms with van der Waals surface area (Å²) in [5, 5.41) is 10.9. The van der Waals surface area contributed by atoms with E-state index in [9.17, 15) is 10.0 Å². The maximum absolute atomic E-state index is 11.5. The third-order valence-corrected chi connectivity index (χ3v) is 2.56. The second-order valence-corrected chi connectivity index (χ2v) is 3.95. The first-order valence-electron chi connectivity index (χ1n) is 6.02. The lowest BCUT2D eigenvalue weighted by Gasteiger charge is -2.14. The molecule has 0 aromatic heterocycles. The first kappa shape index (κ1) is 13.1. The van der Waals surface area contributed by atoms with Gasteiger partial charge < -0.3 is 4.74 Å². The molecule has 1 aromatic carbocycles. The summed E-state index contributed by atoms with van der Waals surface area (Å²) >= 11 is 0. The number of hydrogen-bond acceptors (Lipinski definition) is 4.